The van der Waals surface area contributed by atoms with Crippen LogP contribution < -0.4 is 18.9 Å². The van der Waals surface area contributed by atoms with Gasteiger partial charge in [0.25, 0.3) is 0 Å². The molecule has 4 heterocycles. The Morgan fingerprint density at radius 2 is 1.41 bits per heavy atom. The molecule has 0 radical (unpaired) electrons. The normalized spacial score (nSPS) is 12.4. The fraction of sp³-hybridized carbons (Fsp3) is 0.294. The molecule has 0 spiro atoms. The van der Waals surface area contributed by atoms with Crippen molar-refractivity contribution in [3.05, 3.63) is 83.9 Å². The molecule has 0 amide bonds. The van der Waals surface area contributed by atoms with Crippen molar-refractivity contribution in [3.8, 4) is 23.0 Å². The van der Waals surface area contributed by atoms with E-state index in [1.54, 1.807) is 19.4 Å². The highest BCUT2D eigenvalue weighted by molar-refractivity contribution is 7.90. The molecule has 4 aromatic heterocycles. The van der Waals surface area contributed by atoms with Gasteiger partial charge in [-0.1, -0.05) is 12.1 Å². The van der Waals surface area contributed by atoms with E-state index in [0.29, 0.717) is 52.3 Å². The van der Waals surface area contributed by atoms with Crippen molar-refractivity contribution in [1.82, 2.24) is 29.9 Å². The van der Waals surface area contributed by atoms with Crippen LogP contribution in [0.3, 0.4) is 0 Å². The number of benzene rings is 2. The first kappa shape index (κ1) is 37.6. The molecular formula is C34H36F2N6O7S2. The van der Waals surface area contributed by atoms with Gasteiger partial charge >= 0.3 is 16.9 Å². The predicted octanol–water partition coefficient (Wildman–Crippen LogP) is 5.87. The number of nitrogens with one attached hydrogen (secondary N) is 2. The van der Waals surface area contributed by atoms with Crippen molar-refractivity contribution in [2.24, 2.45) is 0 Å². The lowest BCUT2D eigenvalue weighted by atomic mass is 10.2. The molecule has 0 saturated carbocycles. The molecule has 2 atom stereocenters. The van der Waals surface area contributed by atoms with Crippen LogP contribution in [0, 0.1) is 6.92 Å². The van der Waals surface area contributed by atoms with Crippen LogP contribution in [0.1, 0.15) is 23.4 Å². The highest BCUT2D eigenvalue weighted by Crippen LogP contribution is 2.32. The third-order valence-corrected chi connectivity index (χ3v) is 9.69. The Hall–Kier alpha value is -4.68. The molecule has 0 bridgehead atoms. The molecular weight excluding hydrogens is 707 g/mol. The van der Waals surface area contributed by atoms with E-state index in [9.17, 15) is 17.9 Å². The molecule has 6 rings (SSSR count). The molecule has 0 saturated heterocycles. The number of rotatable bonds is 15. The summed E-state index contributed by atoms with van der Waals surface area (Å²) in [5, 5.41) is 0.662. The smallest absolute Gasteiger partial charge is 0.387 e. The molecule has 2 unspecified atom stereocenters. The van der Waals surface area contributed by atoms with Crippen LogP contribution in [-0.4, -0.2) is 80.2 Å². The summed E-state index contributed by atoms with van der Waals surface area (Å²) >= 11 is -2.86. The van der Waals surface area contributed by atoms with Gasteiger partial charge in [-0.2, -0.15) is 18.7 Å². The Morgan fingerprint density at radius 3 is 2.08 bits per heavy atom. The van der Waals surface area contributed by atoms with Gasteiger partial charge < -0.3 is 32.8 Å². The van der Waals surface area contributed by atoms with Crippen LogP contribution in [0.15, 0.2) is 77.3 Å². The second kappa shape index (κ2) is 18.0. The summed E-state index contributed by atoms with van der Waals surface area (Å²) in [5.41, 5.74) is 4.73. The van der Waals surface area contributed by atoms with Crippen LogP contribution in [0.2, 0.25) is 0 Å². The highest BCUT2D eigenvalue weighted by Gasteiger charge is 2.23. The SMILES string of the molecule is COCCCOc1ccnc(C[S+]([O-])c2nc3ccccc3[nH]2)c1C.COc1ccnc(C[S+]([O-])c2nc3cc(OC(F)F)ccc3[nH]2)c1OC. The number of hydrogen-bond acceptors (Lipinski definition) is 11. The average Bonchev–Trinajstić information content (AvgIpc) is 3.76. The minimum absolute atomic E-state index is 0.0209. The highest BCUT2D eigenvalue weighted by atomic mass is 32.2. The van der Waals surface area contributed by atoms with E-state index in [-0.39, 0.29) is 16.7 Å². The monoisotopic (exact) mass is 742 g/mol. The molecule has 13 nitrogen and oxygen atoms in total. The summed E-state index contributed by atoms with van der Waals surface area (Å²) in [5.74, 6) is 1.96. The van der Waals surface area contributed by atoms with Crippen molar-refractivity contribution in [1.29, 1.82) is 0 Å². The van der Waals surface area contributed by atoms with Crippen LogP contribution in [0.5, 0.6) is 23.0 Å². The maximum absolute atomic E-state index is 12.7. The third kappa shape index (κ3) is 9.77. The molecule has 270 valence electrons. The Balaban J connectivity index is 0.000000198. The zero-order valence-corrected chi connectivity index (χ0v) is 29.8. The molecule has 2 aromatic carbocycles. The first-order valence-corrected chi connectivity index (χ1v) is 18.1. The molecule has 6 aromatic rings. The standard InChI is InChI=1S/C18H21N3O3S.C16H15F2N3O4S/c1-13-16(19-9-8-17(13)24-11-5-10-23-2)12-25(22)18-20-14-6-3-4-7-15(14)21-18;1-23-13-5-6-19-12(14(13)24-2)8-26(22)16-20-10-4-3-9(25-15(17)18)7-11(10)21-16/h3-4,6-9H,5,10-12H2,1-2H3,(H,20,21);3-7,15H,8H2,1-2H3,(H,20,21). The fourth-order valence-corrected chi connectivity index (χ4v) is 6.98. The van der Waals surface area contributed by atoms with E-state index in [1.165, 1.54) is 38.6 Å². The number of hydrogen-bond donors (Lipinski definition) is 2. The zero-order valence-electron chi connectivity index (χ0n) is 28.2. The largest absolute Gasteiger partial charge is 0.609 e. The number of halogens is 2. The van der Waals surface area contributed by atoms with Crippen LogP contribution in [0.25, 0.3) is 22.1 Å². The van der Waals surface area contributed by atoms with E-state index in [1.807, 2.05) is 37.3 Å². The lowest BCUT2D eigenvalue weighted by molar-refractivity contribution is -0.0497. The van der Waals surface area contributed by atoms with Gasteiger partial charge in [0.1, 0.15) is 17.2 Å². The van der Waals surface area contributed by atoms with Crippen LogP contribution >= 0.6 is 0 Å². The minimum Gasteiger partial charge on any atom is -0.609 e. The first-order valence-electron chi connectivity index (χ1n) is 15.5. The van der Waals surface area contributed by atoms with Gasteiger partial charge in [0.05, 0.1) is 48.6 Å². The summed E-state index contributed by atoms with van der Waals surface area (Å²) in [6.07, 6.45) is 4.03. The van der Waals surface area contributed by atoms with Crippen molar-refractivity contribution in [2.45, 2.75) is 41.8 Å². The van der Waals surface area contributed by atoms with Gasteiger partial charge in [0, 0.05) is 72.6 Å². The number of aromatic nitrogens is 6. The number of H-pyrrole nitrogens is 2. The van der Waals surface area contributed by atoms with Crippen molar-refractivity contribution < 1.29 is 41.6 Å². The number of ether oxygens (including phenoxy) is 5. The summed E-state index contributed by atoms with van der Waals surface area (Å²) in [6.45, 7) is 0.244. The van der Waals surface area contributed by atoms with Crippen molar-refractivity contribution in [3.63, 3.8) is 0 Å². The van der Waals surface area contributed by atoms with Crippen LogP contribution in [0.4, 0.5) is 8.78 Å². The van der Waals surface area contributed by atoms with Crippen molar-refractivity contribution in [2.75, 3.05) is 34.5 Å². The summed E-state index contributed by atoms with van der Waals surface area (Å²) < 4.78 is 75.5. The number of aromatic amines is 2. The summed E-state index contributed by atoms with van der Waals surface area (Å²) in [4.78, 5) is 23.2. The lowest BCUT2D eigenvalue weighted by Gasteiger charge is -2.12. The maximum atomic E-state index is 12.7. The number of alkyl halides is 2. The second-order valence-corrected chi connectivity index (χ2v) is 13.4. The van der Waals surface area contributed by atoms with E-state index >= 15 is 0 Å². The fourth-order valence-electron chi connectivity index (χ4n) is 4.87. The summed E-state index contributed by atoms with van der Waals surface area (Å²) in [7, 11) is 4.64. The average molecular weight is 743 g/mol. The number of para-hydroxylation sites is 2. The molecule has 0 aliphatic rings. The first-order chi connectivity index (χ1) is 24.7. The second-order valence-electron chi connectivity index (χ2n) is 10.7. The molecule has 2 N–H and O–H groups in total. The van der Waals surface area contributed by atoms with Crippen molar-refractivity contribution >= 4 is 44.4 Å². The van der Waals surface area contributed by atoms with Gasteiger partial charge in [-0.05, 0) is 37.3 Å². The molecule has 17 heteroatoms. The Morgan fingerprint density at radius 1 is 0.765 bits per heavy atom. The predicted molar refractivity (Wildman–Crippen MR) is 187 cm³/mol. The number of nitrogens with zero attached hydrogens (tertiary/aromatic N) is 4. The number of methoxy groups -OCH3 is 3. The maximum Gasteiger partial charge on any atom is 0.387 e. The van der Waals surface area contributed by atoms with Gasteiger partial charge in [-0.15, -0.1) is 0 Å². The topological polar surface area (TPSA) is 175 Å². The van der Waals surface area contributed by atoms with E-state index in [4.69, 9.17) is 18.9 Å². The van der Waals surface area contributed by atoms with E-state index in [0.717, 1.165) is 34.5 Å². The number of pyridine rings is 2. The quantitative estimate of drug-likeness (QED) is 0.0951. The van der Waals surface area contributed by atoms with Crippen LogP contribution in [-0.2, 0) is 38.6 Å². The minimum atomic E-state index is -2.92. The molecule has 51 heavy (non-hydrogen) atoms. The molecule has 0 fully saturated rings. The summed E-state index contributed by atoms with van der Waals surface area (Å²) in [6, 6.07) is 15.4. The van der Waals surface area contributed by atoms with Gasteiger partial charge in [-0.25, -0.2) is 0 Å². The van der Waals surface area contributed by atoms with Gasteiger partial charge in [0.2, 0.25) is 0 Å². The Labute approximate surface area is 298 Å². The van der Waals surface area contributed by atoms with E-state index in [2.05, 4.69) is 34.6 Å². The number of imidazole rings is 2. The molecule has 0 aliphatic carbocycles. The zero-order chi connectivity index (χ0) is 36.3. The van der Waals surface area contributed by atoms with Gasteiger partial charge in [-0.3, -0.25) is 19.9 Å². The number of fused-ring (bicyclic) bond motifs is 2. The lowest BCUT2D eigenvalue weighted by Crippen LogP contribution is -2.10. The third-order valence-electron chi connectivity index (χ3n) is 7.37. The van der Waals surface area contributed by atoms with E-state index < -0.39 is 29.0 Å². The van der Waals surface area contributed by atoms with Gasteiger partial charge in [0.15, 0.2) is 23.0 Å². The Bertz CT molecular complexity index is 2000. The molecule has 0 aliphatic heterocycles. The Kier molecular flexibility index (Phi) is 13.3.